The molecule has 0 spiro atoms. The molecule has 0 amide bonds. The van der Waals surface area contributed by atoms with Crippen molar-refractivity contribution in [1.82, 2.24) is 4.90 Å². The van der Waals surface area contributed by atoms with Crippen molar-refractivity contribution in [2.24, 2.45) is 5.92 Å². The Bertz CT molecular complexity index is 1300. The van der Waals surface area contributed by atoms with Gasteiger partial charge in [0.1, 0.15) is 29.6 Å². The summed E-state index contributed by atoms with van der Waals surface area (Å²) >= 11 is 6.83. The smallest absolute Gasteiger partial charge is 0.151 e. The number of ether oxygens (including phenoxy) is 2. The largest absolute Gasteiger partial charge is 0.508 e. The SMILES string of the molecule is CC1=C(c2cccc(O)c2)C(c2ccc(OC[C@H](C)N3CC[C@@H](C)C3)cc2Cl)Oc2ccc(O)cc21. The van der Waals surface area contributed by atoms with Crippen LogP contribution in [0.1, 0.15) is 50.0 Å². The van der Waals surface area contributed by atoms with Gasteiger partial charge in [-0.15, -0.1) is 0 Å². The standard InChI is InChI=1S/C30H32ClNO4/c1-18-11-12-32(16-18)19(2)17-35-24-8-9-25(27(31)15-24)30-29(21-5-4-6-22(33)13-21)20(3)26-14-23(34)7-10-28(26)36-30/h4-10,13-15,18-19,30,33-34H,11-12,16-17H2,1-3H3/t18-,19+,30?/m1/s1. The minimum atomic E-state index is -0.490. The lowest BCUT2D eigenvalue weighted by molar-refractivity contribution is 0.169. The summed E-state index contributed by atoms with van der Waals surface area (Å²) in [7, 11) is 0. The molecule has 0 bridgehead atoms. The van der Waals surface area contributed by atoms with Crippen molar-refractivity contribution in [2.45, 2.75) is 39.3 Å². The summed E-state index contributed by atoms with van der Waals surface area (Å²) in [6.07, 6.45) is 0.749. The van der Waals surface area contributed by atoms with E-state index in [4.69, 9.17) is 21.1 Å². The second-order valence-corrected chi connectivity index (χ2v) is 10.4. The number of phenolic OH excluding ortho intramolecular Hbond substituents is 2. The van der Waals surface area contributed by atoms with Gasteiger partial charge >= 0.3 is 0 Å². The molecule has 2 N–H and O–H groups in total. The van der Waals surface area contributed by atoms with E-state index in [1.54, 1.807) is 36.4 Å². The van der Waals surface area contributed by atoms with Crippen molar-refractivity contribution in [3.05, 3.63) is 82.4 Å². The van der Waals surface area contributed by atoms with Crippen LogP contribution in [0.5, 0.6) is 23.0 Å². The topological polar surface area (TPSA) is 62.2 Å². The third kappa shape index (κ3) is 4.91. The molecule has 1 saturated heterocycles. The van der Waals surface area contributed by atoms with E-state index in [1.807, 2.05) is 31.2 Å². The second-order valence-electron chi connectivity index (χ2n) is 10.00. The van der Waals surface area contributed by atoms with E-state index in [-0.39, 0.29) is 11.5 Å². The molecule has 1 unspecified atom stereocenters. The normalized spacial score (nSPS) is 20.7. The lowest BCUT2D eigenvalue weighted by atomic mass is 9.86. The third-order valence-corrected chi connectivity index (χ3v) is 7.59. The minimum Gasteiger partial charge on any atom is -0.508 e. The van der Waals surface area contributed by atoms with E-state index in [1.165, 1.54) is 6.42 Å². The predicted molar refractivity (Wildman–Crippen MR) is 144 cm³/mol. The Balaban J connectivity index is 1.45. The van der Waals surface area contributed by atoms with E-state index < -0.39 is 6.10 Å². The Morgan fingerprint density at radius 1 is 1.08 bits per heavy atom. The molecule has 0 aliphatic carbocycles. The van der Waals surface area contributed by atoms with Crippen LogP contribution >= 0.6 is 11.6 Å². The number of phenols is 2. The van der Waals surface area contributed by atoms with Crippen LogP contribution in [-0.4, -0.2) is 40.9 Å². The highest BCUT2D eigenvalue weighted by Gasteiger charge is 2.31. The summed E-state index contributed by atoms with van der Waals surface area (Å²) in [6.45, 7) is 9.33. The van der Waals surface area contributed by atoms with Crippen molar-refractivity contribution in [1.29, 1.82) is 0 Å². The molecule has 3 atom stereocenters. The zero-order valence-electron chi connectivity index (χ0n) is 20.9. The molecule has 5 nitrogen and oxygen atoms in total. The van der Waals surface area contributed by atoms with Gasteiger partial charge in [-0.2, -0.15) is 0 Å². The van der Waals surface area contributed by atoms with Crippen molar-refractivity contribution in [2.75, 3.05) is 19.7 Å². The average molecular weight is 506 g/mol. The molecule has 0 saturated carbocycles. The summed E-state index contributed by atoms with van der Waals surface area (Å²) in [5, 5.41) is 20.8. The van der Waals surface area contributed by atoms with Gasteiger partial charge in [0.25, 0.3) is 0 Å². The van der Waals surface area contributed by atoms with Gasteiger partial charge in [-0.25, -0.2) is 0 Å². The van der Waals surface area contributed by atoms with E-state index in [2.05, 4.69) is 18.7 Å². The fourth-order valence-corrected chi connectivity index (χ4v) is 5.47. The summed E-state index contributed by atoms with van der Waals surface area (Å²) in [5.41, 5.74) is 4.29. The zero-order valence-corrected chi connectivity index (χ0v) is 21.6. The highest BCUT2D eigenvalue weighted by Crippen LogP contribution is 2.49. The molecule has 0 aromatic heterocycles. The third-order valence-electron chi connectivity index (χ3n) is 7.26. The molecular weight excluding hydrogens is 474 g/mol. The number of fused-ring (bicyclic) bond motifs is 1. The van der Waals surface area contributed by atoms with E-state index in [0.29, 0.717) is 23.4 Å². The summed E-state index contributed by atoms with van der Waals surface area (Å²) in [4.78, 5) is 2.47. The minimum absolute atomic E-state index is 0.169. The van der Waals surface area contributed by atoms with E-state index >= 15 is 0 Å². The number of hydrogen-bond acceptors (Lipinski definition) is 5. The molecule has 1 fully saturated rings. The van der Waals surface area contributed by atoms with Gasteiger partial charge in [-0.3, -0.25) is 4.90 Å². The number of likely N-dealkylation sites (tertiary alicyclic amines) is 1. The highest BCUT2D eigenvalue weighted by molar-refractivity contribution is 6.31. The number of aromatic hydroxyl groups is 2. The number of hydrogen-bond donors (Lipinski definition) is 2. The highest BCUT2D eigenvalue weighted by atomic mass is 35.5. The first-order valence-corrected chi connectivity index (χ1v) is 12.8. The summed E-state index contributed by atoms with van der Waals surface area (Å²) in [6, 6.07) is 18.3. The number of benzene rings is 3. The van der Waals surface area contributed by atoms with Crippen LogP contribution in [0.3, 0.4) is 0 Å². The van der Waals surface area contributed by atoms with Gasteiger partial charge in [-0.1, -0.05) is 30.7 Å². The van der Waals surface area contributed by atoms with Gasteiger partial charge in [0.05, 0.1) is 5.02 Å². The van der Waals surface area contributed by atoms with Gasteiger partial charge in [0, 0.05) is 29.3 Å². The summed E-state index contributed by atoms with van der Waals surface area (Å²) < 4.78 is 12.6. The molecule has 3 aromatic rings. The summed E-state index contributed by atoms with van der Waals surface area (Å²) in [5.74, 6) is 2.48. The van der Waals surface area contributed by atoms with E-state index in [0.717, 1.165) is 52.6 Å². The van der Waals surface area contributed by atoms with Crippen LogP contribution in [0.4, 0.5) is 0 Å². The lowest BCUT2D eigenvalue weighted by Crippen LogP contribution is -2.35. The number of halogens is 1. The van der Waals surface area contributed by atoms with Crippen molar-refractivity contribution in [3.8, 4) is 23.0 Å². The molecule has 0 radical (unpaired) electrons. The van der Waals surface area contributed by atoms with Crippen LogP contribution in [0.2, 0.25) is 5.02 Å². The molecule has 3 aromatic carbocycles. The van der Waals surface area contributed by atoms with Crippen molar-refractivity contribution in [3.63, 3.8) is 0 Å². The van der Waals surface area contributed by atoms with Crippen LogP contribution < -0.4 is 9.47 Å². The lowest BCUT2D eigenvalue weighted by Gasteiger charge is -2.31. The Morgan fingerprint density at radius 3 is 2.61 bits per heavy atom. The second kappa shape index (κ2) is 10.1. The van der Waals surface area contributed by atoms with Crippen molar-refractivity contribution < 1.29 is 19.7 Å². The fourth-order valence-electron chi connectivity index (χ4n) is 5.20. The Morgan fingerprint density at radius 2 is 1.89 bits per heavy atom. The monoisotopic (exact) mass is 505 g/mol. The molecule has 188 valence electrons. The van der Waals surface area contributed by atoms with Crippen LogP contribution in [0.15, 0.2) is 60.7 Å². The molecule has 5 rings (SSSR count). The number of rotatable bonds is 6. The van der Waals surface area contributed by atoms with Gasteiger partial charge in [0.15, 0.2) is 6.10 Å². The van der Waals surface area contributed by atoms with Crippen LogP contribution in [0, 0.1) is 5.92 Å². The first-order chi connectivity index (χ1) is 17.3. The Kier molecular flexibility index (Phi) is 6.87. The molecule has 36 heavy (non-hydrogen) atoms. The van der Waals surface area contributed by atoms with Crippen molar-refractivity contribution >= 4 is 22.7 Å². The van der Waals surface area contributed by atoms with Gasteiger partial charge in [0.2, 0.25) is 0 Å². The number of nitrogens with zero attached hydrogens (tertiary/aromatic N) is 1. The number of allylic oxidation sites excluding steroid dienone is 1. The quantitative estimate of drug-likeness (QED) is 0.380. The van der Waals surface area contributed by atoms with Crippen LogP contribution in [-0.2, 0) is 0 Å². The van der Waals surface area contributed by atoms with E-state index in [9.17, 15) is 10.2 Å². The first-order valence-electron chi connectivity index (χ1n) is 12.5. The molecule has 6 heteroatoms. The maximum atomic E-state index is 10.2. The molecular formula is C30H32ClNO4. The maximum Gasteiger partial charge on any atom is 0.151 e. The van der Waals surface area contributed by atoms with Gasteiger partial charge < -0.3 is 19.7 Å². The Hall–Kier alpha value is -3.15. The molecule has 2 heterocycles. The van der Waals surface area contributed by atoms with Gasteiger partial charge in [-0.05, 0) is 92.4 Å². The fraction of sp³-hybridized carbons (Fsp3) is 0.333. The Labute approximate surface area is 217 Å². The molecule has 2 aliphatic rings. The predicted octanol–water partition coefficient (Wildman–Crippen LogP) is 6.92. The zero-order chi connectivity index (χ0) is 25.4. The average Bonchev–Trinajstić information content (AvgIpc) is 3.29. The maximum absolute atomic E-state index is 10.2. The molecule has 2 aliphatic heterocycles. The first kappa shape index (κ1) is 24.5. The van der Waals surface area contributed by atoms with Crippen LogP contribution in [0.25, 0.3) is 11.1 Å².